The Morgan fingerprint density at radius 1 is 1.18 bits per heavy atom. The van der Waals surface area contributed by atoms with Crippen molar-refractivity contribution in [3.63, 3.8) is 0 Å². The van der Waals surface area contributed by atoms with Crippen molar-refractivity contribution in [1.82, 2.24) is 14.7 Å². The first kappa shape index (κ1) is 13.5. The smallest absolute Gasteiger partial charge is 0.226 e. The van der Waals surface area contributed by atoms with Gasteiger partial charge < -0.3 is 4.90 Å². The number of hydrogen-bond donors (Lipinski definition) is 0. The van der Waals surface area contributed by atoms with E-state index in [1.165, 1.54) is 12.1 Å². The van der Waals surface area contributed by atoms with E-state index in [1.807, 2.05) is 15.6 Å². The molecule has 1 aromatic carbocycles. The van der Waals surface area contributed by atoms with Crippen LogP contribution in [0.15, 0.2) is 30.3 Å². The molecule has 114 valence electrons. The summed E-state index contributed by atoms with van der Waals surface area (Å²) in [5, 5.41) is 4.62. The number of carbonyl (C=O) groups is 1. The lowest BCUT2D eigenvalue weighted by Crippen LogP contribution is -2.31. The Labute approximate surface area is 128 Å². The molecular weight excluding hydrogens is 281 g/mol. The summed E-state index contributed by atoms with van der Waals surface area (Å²) >= 11 is 0. The molecule has 2 aliphatic rings. The van der Waals surface area contributed by atoms with Gasteiger partial charge in [-0.3, -0.25) is 9.48 Å². The molecule has 4 nitrogen and oxygen atoms in total. The largest absolute Gasteiger partial charge is 0.337 e. The summed E-state index contributed by atoms with van der Waals surface area (Å²) in [6.07, 6.45) is 3.00. The monoisotopic (exact) mass is 299 g/mol. The molecule has 5 heteroatoms. The van der Waals surface area contributed by atoms with Gasteiger partial charge in [-0.15, -0.1) is 0 Å². The van der Waals surface area contributed by atoms with Crippen LogP contribution >= 0.6 is 0 Å². The first-order chi connectivity index (χ1) is 10.7. The van der Waals surface area contributed by atoms with E-state index in [9.17, 15) is 9.18 Å². The normalized spacial score (nSPS) is 18.0. The van der Waals surface area contributed by atoms with Crippen molar-refractivity contribution in [2.75, 3.05) is 6.54 Å². The van der Waals surface area contributed by atoms with Crippen molar-refractivity contribution < 1.29 is 9.18 Å². The summed E-state index contributed by atoms with van der Waals surface area (Å²) in [6.45, 7) is 2.26. The summed E-state index contributed by atoms with van der Waals surface area (Å²) in [4.78, 5) is 14.3. The highest BCUT2D eigenvalue weighted by atomic mass is 19.1. The zero-order valence-electron chi connectivity index (χ0n) is 12.3. The molecular formula is C17H18FN3O. The highest BCUT2D eigenvalue weighted by molar-refractivity contribution is 5.81. The van der Waals surface area contributed by atoms with Gasteiger partial charge in [0.05, 0.1) is 17.9 Å². The van der Waals surface area contributed by atoms with Gasteiger partial charge in [0.15, 0.2) is 0 Å². The quantitative estimate of drug-likeness (QED) is 0.855. The van der Waals surface area contributed by atoms with Crippen molar-refractivity contribution in [2.24, 2.45) is 5.92 Å². The van der Waals surface area contributed by atoms with Gasteiger partial charge in [0.2, 0.25) is 5.91 Å². The lowest BCUT2D eigenvalue weighted by atomic mass is 10.1. The molecule has 0 atom stereocenters. The van der Waals surface area contributed by atoms with Crippen LogP contribution in [-0.4, -0.2) is 27.1 Å². The second-order valence-corrected chi connectivity index (χ2v) is 6.14. The van der Waals surface area contributed by atoms with E-state index >= 15 is 0 Å². The fourth-order valence-electron chi connectivity index (χ4n) is 3.00. The maximum atomic E-state index is 13.0. The number of aryl methyl sites for hydroxylation is 1. The van der Waals surface area contributed by atoms with Crippen LogP contribution in [0.1, 0.15) is 25.0 Å². The molecule has 1 amide bonds. The van der Waals surface area contributed by atoms with Crippen molar-refractivity contribution in [2.45, 2.75) is 32.4 Å². The van der Waals surface area contributed by atoms with Crippen LogP contribution in [0.5, 0.6) is 0 Å². The van der Waals surface area contributed by atoms with Crippen molar-refractivity contribution >= 4 is 5.91 Å². The van der Waals surface area contributed by atoms with Crippen LogP contribution < -0.4 is 0 Å². The van der Waals surface area contributed by atoms with E-state index in [4.69, 9.17) is 0 Å². The lowest BCUT2D eigenvalue weighted by Gasteiger charge is -2.19. The molecule has 22 heavy (non-hydrogen) atoms. The summed E-state index contributed by atoms with van der Waals surface area (Å²) in [5.41, 5.74) is 2.81. The summed E-state index contributed by atoms with van der Waals surface area (Å²) < 4.78 is 15.0. The van der Waals surface area contributed by atoms with Crippen molar-refractivity contribution in [1.29, 1.82) is 0 Å². The van der Waals surface area contributed by atoms with Gasteiger partial charge >= 0.3 is 0 Å². The average Bonchev–Trinajstić information content (AvgIpc) is 3.32. The number of nitrogens with zero attached hydrogens (tertiary/aromatic N) is 3. The first-order valence-corrected chi connectivity index (χ1v) is 7.82. The first-order valence-electron chi connectivity index (χ1n) is 7.82. The van der Waals surface area contributed by atoms with Gasteiger partial charge in [0, 0.05) is 24.6 Å². The molecule has 1 aliphatic carbocycles. The fraction of sp³-hybridized carbons (Fsp3) is 0.412. The molecule has 0 N–H and O–H groups in total. The number of amides is 1. The molecule has 2 heterocycles. The average molecular weight is 299 g/mol. The maximum absolute atomic E-state index is 13.0. The maximum Gasteiger partial charge on any atom is 0.226 e. The lowest BCUT2D eigenvalue weighted by molar-refractivity contribution is -0.133. The van der Waals surface area contributed by atoms with E-state index in [1.54, 1.807) is 12.1 Å². The number of halogens is 1. The van der Waals surface area contributed by atoms with Gasteiger partial charge in [-0.25, -0.2) is 4.39 Å². The van der Waals surface area contributed by atoms with Crippen LogP contribution in [0, 0.1) is 11.7 Å². The highest BCUT2D eigenvalue weighted by Crippen LogP contribution is 2.32. The van der Waals surface area contributed by atoms with E-state index < -0.39 is 0 Å². The fourth-order valence-corrected chi connectivity index (χ4v) is 3.00. The predicted molar refractivity (Wildman–Crippen MR) is 80.4 cm³/mol. The molecule has 1 aromatic heterocycles. The minimum atomic E-state index is -0.245. The molecule has 1 fully saturated rings. The van der Waals surface area contributed by atoms with Crippen LogP contribution in [0.3, 0.4) is 0 Å². The standard InChI is InChI=1S/C17H18FN3O/c18-14-6-4-12(5-7-14)16-10-15-11-20(17(22)13-2-3-13)8-1-9-21(15)19-16/h4-7,10,13H,1-3,8-9,11H2. The molecule has 4 rings (SSSR count). The third-order valence-corrected chi connectivity index (χ3v) is 4.39. The van der Waals surface area contributed by atoms with Crippen LogP contribution in [0.25, 0.3) is 11.3 Å². The van der Waals surface area contributed by atoms with Crippen molar-refractivity contribution in [3.05, 3.63) is 41.8 Å². The number of carbonyl (C=O) groups excluding carboxylic acids is 1. The minimum Gasteiger partial charge on any atom is -0.337 e. The van der Waals surface area contributed by atoms with E-state index in [0.29, 0.717) is 6.54 Å². The Bertz CT molecular complexity index is 703. The molecule has 0 radical (unpaired) electrons. The Morgan fingerprint density at radius 2 is 1.95 bits per heavy atom. The van der Waals surface area contributed by atoms with Gasteiger partial charge in [-0.1, -0.05) is 0 Å². The number of rotatable bonds is 2. The summed E-state index contributed by atoms with van der Waals surface area (Å²) in [6, 6.07) is 8.40. The van der Waals surface area contributed by atoms with Gasteiger partial charge in [-0.2, -0.15) is 5.10 Å². The summed E-state index contributed by atoms with van der Waals surface area (Å²) in [5.74, 6) is 0.301. The number of benzene rings is 1. The Kier molecular flexibility index (Phi) is 3.21. The second kappa shape index (κ2) is 5.23. The molecule has 1 saturated carbocycles. The molecule has 0 bridgehead atoms. The number of fused-ring (bicyclic) bond motifs is 1. The molecule has 2 aromatic rings. The van der Waals surface area contributed by atoms with Crippen molar-refractivity contribution in [3.8, 4) is 11.3 Å². The Hall–Kier alpha value is -2.17. The zero-order chi connectivity index (χ0) is 15.1. The van der Waals surface area contributed by atoms with Gasteiger partial charge in [0.25, 0.3) is 0 Å². The molecule has 0 saturated heterocycles. The van der Waals surface area contributed by atoms with Crippen LogP contribution in [0.2, 0.25) is 0 Å². The van der Waals surface area contributed by atoms with E-state index in [0.717, 1.165) is 49.3 Å². The molecule has 0 spiro atoms. The SMILES string of the molecule is O=C(C1CC1)N1CCCn2nc(-c3ccc(F)cc3)cc2C1. The van der Waals surface area contributed by atoms with E-state index in [-0.39, 0.29) is 17.6 Å². The zero-order valence-corrected chi connectivity index (χ0v) is 12.3. The predicted octanol–water partition coefficient (Wildman–Crippen LogP) is 2.83. The molecule has 1 aliphatic heterocycles. The third kappa shape index (κ3) is 2.51. The minimum absolute atomic E-state index is 0.245. The Morgan fingerprint density at radius 3 is 2.68 bits per heavy atom. The molecule has 0 unspecified atom stereocenters. The number of aromatic nitrogens is 2. The van der Waals surface area contributed by atoms with Crippen LogP contribution in [0.4, 0.5) is 4.39 Å². The summed E-state index contributed by atoms with van der Waals surface area (Å²) in [7, 11) is 0. The van der Waals surface area contributed by atoms with Gasteiger partial charge in [-0.05, 0) is 49.6 Å². The topological polar surface area (TPSA) is 38.1 Å². The number of hydrogen-bond acceptors (Lipinski definition) is 2. The Balaban J connectivity index is 1.60. The second-order valence-electron chi connectivity index (χ2n) is 6.14. The van der Waals surface area contributed by atoms with Gasteiger partial charge in [0.1, 0.15) is 5.82 Å². The third-order valence-electron chi connectivity index (χ3n) is 4.39. The van der Waals surface area contributed by atoms with E-state index in [2.05, 4.69) is 5.10 Å². The highest BCUT2D eigenvalue weighted by Gasteiger charge is 2.34. The van der Waals surface area contributed by atoms with Crippen LogP contribution in [-0.2, 0) is 17.9 Å².